The summed E-state index contributed by atoms with van der Waals surface area (Å²) in [6.07, 6.45) is 4.79. The number of carbonyl (C=O) groups excluding carboxylic acids is 2. The first kappa shape index (κ1) is 21.4. The lowest BCUT2D eigenvalue weighted by molar-refractivity contribution is -0.120. The fourth-order valence-electron chi connectivity index (χ4n) is 3.52. The van der Waals surface area contributed by atoms with Gasteiger partial charge in [0.15, 0.2) is 5.16 Å². The molecule has 2 N–H and O–H groups in total. The number of benzene rings is 1. The summed E-state index contributed by atoms with van der Waals surface area (Å²) in [5.74, 6) is 1.27. The van der Waals surface area contributed by atoms with Gasteiger partial charge in [-0.25, -0.2) is 0 Å². The van der Waals surface area contributed by atoms with Crippen LogP contribution in [0.5, 0.6) is 0 Å². The molecule has 1 aromatic heterocycles. The largest absolute Gasteiger partial charge is 0.352 e. The Morgan fingerprint density at radius 2 is 1.86 bits per heavy atom. The molecule has 1 saturated carbocycles. The second-order valence-electron chi connectivity index (χ2n) is 7.77. The van der Waals surface area contributed by atoms with Crippen LogP contribution in [0, 0.1) is 12.8 Å². The maximum absolute atomic E-state index is 12.3. The van der Waals surface area contributed by atoms with Gasteiger partial charge in [0.2, 0.25) is 11.8 Å². The van der Waals surface area contributed by atoms with Crippen molar-refractivity contribution in [3.63, 3.8) is 0 Å². The Morgan fingerprint density at radius 3 is 2.59 bits per heavy atom. The van der Waals surface area contributed by atoms with E-state index in [1.165, 1.54) is 31.0 Å². The van der Waals surface area contributed by atoms with Gasteiger partial charge in [-0.1, -0.05) is 49.2 Å². The predicted octanol–water partition coefficient (Wildman–Crippen LogP) is 3.09. The van der Waals surface area contributed by atoms with Crippen molar-refractivity contribution in [2.24, 2.45) is 13.0 Å². The summed E-state index contributed by atoms with van der Waals surface area (Å²) in [6, 6.07) is 7.92. The molecule has 1 aliphatic rings. The minimum absolute atomic E-state index is 0.0235. The van der Waals surface area contributed by atoms with Crippen molar-refractivity contribution >= 4 is 29.3 Å². The zero-order valence-electron chi connectivity index (χ0n) is 17.3. The van der Waals surface area contributed by atoms with Gasteiger partial charge < -0.3 is 15.2 Å². The number of carbonyl (C=O) groups is 2. The molecule has 3 rings (SSSR count). The SMILES string of the molecule is Cc1ccc(NC(=O)Cc2nnc(SCC(=O)N[C@@H]3CCCC[C@@H]3C)n2C)cc1. The van der Waals surface area contributed by atoms with Crippen molar-refractivity contribution in [2.75, 3.05) is 11.1 Å². The van der Waals surface area contributed by atoms with E-state index < -0.39 is 0 Å². The first-order valence-corrected chi connectivity index (χ1v) is 11.1. The smallest absolute Gasteiger partial charge is 0.232 e. The number of thioether (sulfide) groups is 1. The topological polar surface area (TPSA) is 88.9 Å². The zero-order valence-corrected chi connectivity index (χ0v) is 18.1. The molecule has 29 heavy (non-hydrogen) atoms. The minimum Gasteiger partial charge on any atom is -0.352 e. The number of aryl methyl sites for hydroxylation is 1. The van der Waals surface area contributed by atoms with Gasteiger partial charge >= 0.3 is 0 Å². The van der Waals surface area contributed by atoms with Crippen molar-refractivity contribution in [1.29, 1.82) is 0 Å². The van der Waals surface area contributed by atoms with E-state index in [-0.39, 0.29) is 24.3 Å². The molecule has 2 aromatic rings. The molecule has 0 saturated heterocycles. The van der Waals surface area contributed by atoms with Gasteiger partial charge in [0, 0.05) is 18.8 Å². The molecule has 0 bridgehead atoms. The Bertz CT molecular complexity index is 849. The van der Waals surface area contributed by atoms with Gasteiger partial charge in [-0.15, -0.1) is 10.2 Å². The van der Waals surface area contributed by atoms with Crippen molar-refractivity contribution in [2.45, 2.75) is 57.1 Å². The van der Waals surface area contributed by atoms with Crippen molar-refractivity contribution in [1.82, 2.24) is 20.1 Å². The van der Waals surface area contributed by atoms with Gasteiger partial charge in [0.25, 0.3) is 0 Å². The van der Waals surface area contributed by atoms with Crippen LogP contribution in [0.3, 0.4) is 0 Å². The Kier molecular flexibility index (Phi) is 7.30. The molecule has 1 aromatic carbocycles. The van der Waals surface area contributed by atoms with Gasteiger partial charge in [-0.05, 0) is 37.8 Å². The monoisotopic (exact) mass is 415 g/mol. The zero-order chi connectivity index (χ0) is 20.8. The number of nitrogens with one attached hydrogen (secondary N) is 2. The number of aromatic nitrogens is 3. The average Bonchev–Trinajstić information content (AvgIpc) is 3.03. The van der Waals surface area contributed by atoms with Crippen LogP contribution in [-0.2, 0) is 23.1 Å². The van der Waals surface area contributed by atoms with Crippen LogP contribution in [0.4, 0.5) is 5.69 Å². The number of anilines is 1. The summed E-state index contributed by atoms with van der Waals surface area (Å²) in [7, 11) is 1.82. The third-order valence-corrected chi connectivity index (χ3v) is 6.39. The Morgan fingerprint density at radius 1 is 1.14 bits per heavy atom. The van der Waals surface area contributed by atoms with Crippen LogP contribution < -0.4 is 10.6 Å². The molecule has 1 fully saturated rings. The standard InChI is InChI=1S/C21H29N5O2S/c1-14-8-10-16(11-9-14)22-19(27)12-18-24-25-21(26(18)3)29-13-20(28)23-17-7-5-4-6-15(17)2/h8-11,15,17H,4-7,12-13H2,1-3H3,(H,22,27)(H,23,28)/t15-,17+/m0/s1. The number of rotatable bonds is 7. The predicted molar refractivity (Wildman–Crippen MR) is 115 cm³/mol. The lowest BCUT2D eigenvalue weighted by Gasteiger charge is -2.29. The van der Waals surface area contributed by atoms with Crippen LogP contribution in [0.25, 0.3) is 0 Å². The number of nitrogens with zero attached hydrogens (tertiary/aromatic N) is 3. The van der Waals surface area contributed by atoms with Crippen LogP contribution in [0.15, 0.2) is 29.4 Å². The molecule has 1 aliphatic carbocycles. The van der Waals surface area contributed by atoms with Crippen molar-refractivity contribution < 1.29 is 9.59 Å². The molecular formula is C21H29N5O2S. The summed E-state index contributed by atoms with van der Waals surface area (Å²) < 4.78 is 1.77. The Balaban J connectivity index is 1.49. The highest BCUT2D eigenvalue weighted by atomic mass is 32.2. The Labute approximate surface area is 176 Å². The van der Waals surface area contributed by atoms with Gasteiger partial charge in [-0.3, -0.25) is 9.59 Å². The molecule has 0 radical (unpaired) electrons. The van der Waals surface area contributed by atoms with Crippen LogP contribution >= 0.6 is 11.8 Å². The van der Waals surface area contributed by atoms with Gasteiger partial charge in [0.1, 0.15) is 5.82 Å². The second-order valence-corrected chi connectivity index (χ2v) is 8.72. The van der Waals surface area contributed by atoms with E-state index in [1.54, 1.807) is 4.57 Å². The molecule has 1 heterocycles. The number of hydrogen-bond acceptors (Lipinski definition) is 5. The molecular weight excluding hydrogens is 386 g/mol. The molecule has 2 atom stereocenters. The minimum atomic E-state index is -0.148. The van der Waals surface area contributed by atoms with Gasteiger partial charge in [-0.2, -0.15) is 0 Å². The fraction of sp³-hybridized carbons (Fsp3) is 0.524. The molecule has 0 aliphatic heterocycles. The molecule has 0 unspecified atom stereocenters. The van der Waals surface area contributed by atoms with E-state index in [2.05, 4.69) is 27.8 Å². The summed E-state index contributed by atoms with van der Waals surface area (Å²) in [5, 5.41) is 14.9. The molecule has 8 heteroatoms. The highest BCUT2D eigenvalue weighted by molar-refractivity contribution is 7.99. The summed E-state index contributed by atoms with van der Waals surface area (Å²) in [6.45, 7) is 4.20. The highest BCUT2D eigenvalue weighted by Crippen LogP contribution is 2.24. The van der Waals surface area contributed by atoms with E-state index in [1.807, 2.05) is 38.2 Å². The van der Waals surface area contributed by atoms with Crippen molar-refractivity contribution in [3.05, 3.63) is 35.7 Å². The van der Waals surface area contributed by atoms with Gasteiger partial charge in [0.05, 0.1) is 12.2 Å². The summed E-state index contributed by atoms with van der Waals surface area (Å²) >= 11 is 1.34. The normalized spacial score (nSPS) is 19.0. The quantitative estimate of drug-likeness (QED) is 0.679. The van der Waals surface area contributed by atoms with E-state index >= 15 is 0 Å². The van der Waals surface area contributed by atoms with Crippen LogP contribution in [-0.4, -0.2) is 38.4 Å². The average molecular weight is 416 g/mol. The lowest BCUT2D eigenvalue weighted by Crippen LogP contribution is -2.41. The summed E-state index contributed by atoms with van der Waals surface area (Å²) in [4.78, 5) is 24.6. The van der Waals surface area contributed by atoms with E-state index in [4.69, 9.17) is 0 Å². The maximum atomic E-state index is 12.3. The second kappa shape index (κ2) is 9.91. The molecule has 7 nitrogen and oxygen atoms in total. The molecule has 156 valence electrons. The third-order valence-electron chi connectivity index (χ3n) is 5.37. The van der Waals surface area contributed by atoms with Crippen LogP contribution in [0.2, 0.25) is 0 Å². The van der Waals surface area contributed by atoms with Crippen molar-refractivity contribution in [3.8, 4) is 0 Å². The van der Waals surface area contributed by atoms with E-state index in [0.29, 0.717) is 22.7 Å². The van der Waals surface area contributed by atoms with E-state index in [9.17, 15) is 9.59 Å². The van der Waals surface area contributed by atoms with E-state index in [0.717, 1.165) is 17.7 Å². The Hall–Kier alpha value is -2.35. The highest BCUT2D eigenvalue weighted by Gasteiger charge is 2.23. The fourth-order valence-corrected chi connectivity index (χ4v) is 4.26. The summed E-state index contributed by atoms with van der Waals surface area (Å²) in [5.41, 5.74) is 1.89. The lowest BCUT2D eigenvalue weighted by atomic mass is 9.86. The first-order valence-electron chi connectivity index (χ1n) is 10.1. The third kappa shape index (κ3) is 6.06. The first-order chi connectivity index (χ1) is 13.9. The molecule has 2 amide bonds. The number of hydrogen-bond donors (Lipinski definition) is 2. The number of amides is 2. The molecule has 0 spiro atoms. The maximum Gasteiger partial charge on any atom is 0.232 e. The van der Waals surface area contributed by atoms with Crippen LogP contribution in [0.1, 0.15) is 44.0 Å².